The standard InChI is InChI=1S/C20H20N4O2/c1-24-9-7-20(8-10-24)22-14-6-5-12-16(17(14)23-20)19(26)15-11(18(12)25)3-2-4-13(15)21/h2-6,25-26H,7-10,21H2,1H3. The first-order chi connectivity index (χ1) is 12.5. The third kappa shape index (κ3) is 1.96. The van der Waals surface area contributed by atoms with E-state index in [2.05, 4.69) is 11.9 Å². The van der Waals surface area contributed by atoms with Gasteiger partial charge in [0, 0.05) is 42.4 Å². The van der Waals surface area contributed by atoms with Crippen LogP contribution in [0.15, 0.2) is 40.3 Å². The summed E-state index contributed by atoms with van der Waals surface area (Å²) < 4.78 is 0. The number of nitrogens with zero attached hydrogens (tertiary/aromatic N) is 3. The van der Waals surface area contributed by atoms with Crippen molar-refractivity contribution in [2.45, 2.75) is 18.5 Å². The number of nitrogens with two attached hydrogens (primary N) is 1. The number of phenols is 2. The Labute approximate surface area is 149 Å². The minimum Gasteiger partial charge on any atom is -0.507 e. The molecule has 4 N–H and O–H groups in total. The molecule has 0 aliphatic carbocycles. The van der Waals surface area contributed by atoms with Crippen LogP contribution in [0.4, 0.5) is 5.69 Å². The highest BCUT2D eigenvalue weighted by molar-refractivity contribution is 6.14. The van der Waals surface area contributed by atoms with Crippen LogP contribution in [-0.4, -0.2) is 40.9 Å². The SMILES string of the molecule is CN1CCC2(CC1)N=c1ccc3c(O)c4cccc(N)c4c(O)c3c1=N2. The van der Waals surface area contributed by atoms with Gasteiger partial charge in [-0.1, -0.05) is 12.1 Å². The van der Waals surface area contributed by atoms with Crippen molar-refractivity contribution in [1.29, 1.82) is 0 Å². The fraction of sp³-hybridized carbons (Fsp3) is 0.300. The third-order valence-electron chi connectivity index (χ3n) is 5.67. The third-order valence-corrected chi connectivity index (χ3v) is 5.67. The summed E-state index contributed by atoms with van der Waals surface area (Å²) in [6.07, 6.45) is 1.70. The van der Waals surface area contributed by atoms with Crippen molar-refractivity contribution in [2.75, 3.05) is 25.9 Å². The maximum atomic E-state index is 11.0. The summed E-state index contributed by atoms with van der Waals surface area (Å²) in [5, 5.41) is 25.3. The van der Waals surface area contributed by atoms with Crippen LogP contribution in [0.1, 0.15) is 12.8 Å². The highest BCUT2D eigenvalue weighted by Gasteiger charge is 2.35. The van der Waals surface area contributed by atoms with Gasteiger partial charge in [-0.2, -0.15) is 0 Å². The van der Waals surface area contributed by atoms with E-state index in [1.54, 1.807) is 24.3 Å². The zero-order valence-electron chi connectivity index (χ0n) is 14.5. The molecule has 0 atom stereocenters. The molecule has 0 amide bonds. The molecular weight excluding hydrogens is 328 g/mol. The molecule has 1 saturated heterocycles. The molecule has 2 aliphatic rings. The van der Waals surface area contributed by atoms with Crippen LogP contribution in [0.2, 0.25) is 0 Å². The summed E-state index contributed by atoms with van der Waals surface area (Å²) in [6.45, 7) is 1.87. The van der Waals surface area contributed by atoms with Crippen LogP contribution in [0.25, 0.3) is 21.5 Å². The second kappa shape index (κ2) is 5.08. The number of piperidine rings is 1. The molecule has 0 saturated carbocycles. The fourth-order valence-electron chi connectivity index (χ4n) is 4.18. The topological polar surface area (TPSA) is 94.4 Å². The summed E-state index contributed by atoms with van der Waals surface area (Å²) in [4.78, 5) is 12.1. The quantitative estimate of drug-likeness (QED) is 0.327. The Morgan fingerprint density at radius 2 is 1.69 bits per heavy atom. The molecule has 3 aromatic rings. The summed E-state index contributed by atoms with van der Waals surface area (Å²) >= 11 is 0. The van der Waals surface area contributed by atoms with Gasteiger partial charge in [0.15, 0.2) is 5.66 Å². The first-order valence-corrected chi connectivity index (χ1v) is 8.82. The number of phenolic OH excluding ortho intramolecular Hbond substituents is 2. The van der Waals surface area contributed by atoms with Crippen molar-refractivity contribution in [2.24, 2.45) is 9.98 Å². The molecule has 132 valence electrons. The van der Waals surface area contributed by atoms with E-state index < -0.39 is 5.66 Å². The van der Waals surface area contributed by atoms with Crippen molar-refractivity contribution in [3.63, 3.8) is 0 Å². The van der Waals surface area contributed by atoms with E-state index in [0.717, 1.165) is 31.3 Å². The van der Waals surface area contributed by atoms with Gasteiger partial charge in [-0.25, -0.2) is 0 Å². The molecule has 2 aliphatic heterocycles. The Balaban J connectivity index is 1.89. The van der Waals surface area contributed by atoms with Crippen LogP contribution >= 0.6 is 0 Å². The van der Waals surface area contributed by atoms with Gasteiger partial charge in [-0.15, -0.1) is 0 Å². The maximum absolute atomic E-state index is 11.0. The molecule has 0 unspecified atom stereocenters. The van der Waals surface area contributed by atoms with E-state index in [4.69, 9.17) is 15.7 Å². The number of rotatable bonds is 0. The van der Waals surface area contributed by atoms with Gasteiger partial charge in [0.1, 0.15) is 11.5 Å². The lowest BCUT2D eigenvalue weighted by atomic mass is 9.98. The van der Waals surface area contributed by atoms with Gasteiger partial charge in [-0.05, 0) is 25.2 Å². The lowest BCUT2D eigenvalue weighted by Gasteiger charge is -2.33. The number of nitrogen functional groups attached to an aromatic ring is 1. The molecular formula is C20H20N4O2. The average Bonchev–Trinajstić information content (AvgIpc) is 3.00. The number of hydrogen-bond acceptors (Lipinski definition) is 6. The van der Waals surface area contributed by atoms with Crippen LogP contribution in [0.3, 0.4) is 0 Å². The lowest BCUT2D eigenvalue weighted by molar-refractivity contribution is 0.197. The lowest BCUT2D eigenvalue weighted by Crippen LogP contribution is -2.39. The van der Waals surface area contributed by atoms with Crippen molar-refractivity contribution < 1.29 is 10.2 Å². The highest BCUT2D eigenvalue weighted by Crippen LogP contribution is 2.42. The first kappa shape index (κ1) is 15.4. The van der Waals surface area contributed by atoms with Gasteiger partial charge >= 0.3 is 0 Å². The zero-order chi connectivity index (χ0) is 18.1. The molecule has 0 radical (unpaired) electrons. The maximum Gasteiger partial charge on any atom is 0.154 e. The van der Waals surface area contributed by atoms with Gasteiger partial charge < -0.3 is 20.8 Å². The molecule has 0 bridgehead atoms. The summed E-state index contributed by atoms with van der Waals surface area (Å²) in [5.74, 6) is 0.175. The Morgan fingerprint density at radius 3 is 2.46 bits per heavy atom. The van der Waals surface area contributed by atoms with Crippen molar-refractivity contribution >= 4 is 27.2 Å². The van der Waals surface area contributed by atoms with Crippen LogP contribution < -0.4 is 16.4 Å². The molecule has 5 rings (SSSR count). The minimum absolute atomic E-state index is 0.0617. The molecule has 6 nitrogen and oxygen atoms in total. The van der Waals surface area contributed by atoms with Gasteiger partial charge in [0.25, 0.3) is 0 Å². The molecule has 0 aromatic heterocycles. The predicted molar refractivity (Wildman–Crippen MR) is 101 cm³/mol. The number of hydrogen-bond donors (Lipinski definition) is 3. The Morgan fingerprint density at radius 1 is 0.962 bits per heavy atom. The Kier molecular flexibility index (Phi) is 3.01. The smallest absolute Gasteiger partial charge is 0.154 e. The van der Waals surface area contributed by atoms with Crippen LogP contribution in [-0.2, 0) is 0 Å². The van der Waals surface area contributed by atoms with E-state index in [-0.39, 0.29) is 11.5 Å². The van der Waals surface area contributed by atoms with E-state index in [9.17, 15) is 10.2 Å². The van der Waals surface area contributed by atoms with Gasteiger partial charge in [-0.3, -0.25) is 9.98 Å². The summed E-state index contributed by atoms with van der Waals surface area (Å²) in [6, 6.07) is 8.93. The highest BCUT2D eigenvalue weighted by atomic mass is 16.3. The number of fused-ring (bicyclic) bond motifs is 4. The molecule has 2 heterocycles. The Bertz CT molecular complexity index is 1190. The molecule has 1 spiro atoms. The van der Waals surface area contributed by atoms with Crippen molar-refractivity contribution in [1.82, 2.24) is 4.90 Å². The molecule has 3 aromatic carbocycles. The number of likely N-dealkylation sites (tertiary alicyclic amines) is 1. The van der Waals surface area contributed by atoms with E-state index in [0.29, 0.717) is 32.6 Å². The number of benzene rings is 3. The predicted octanol–water partition coefficient (Wildman–Crippen LogP) is 1.66. The minimum atomic E-state index is -0.456. The van der Waals surface area contributed by atoms with Crippen LogP contribution in [0.5, 0.6) is 11.5 Å². The Hall–Kier alpha value is -2.86. The normalized spacial score (nSPS) is 18.8. The fourth-order valence-corrected chi connectivity index (χ4v) is 4.18. The van der Waals surface area contributed by atoms with E-state index >= 15 is 0 Å². The van der Waals surface area contributed by atoms with Crippen molar-refractivity contribution in [3.8, 4) is 11.5 Å². The number of aromatic hydroxyl groups is 2. The second-order valence-electron chi connectivity index (χ2n) is 7.33. The molecule has 26 heavy (non-hydrogen) atoms. The van der Waals surface area contributed by atoms with E-state index in [1.165, 1.54) is 0 Å². The monoisotopic (exact) mass is 348 g/mol. The molecule has 6 heteroatoms. The second-order valence-corrected chi connectivity index (χ2v) is 7.33. The van der Waals surface area contributed by atoms with Crippen LogP contribution in [0, 0.1) is 0 Å². The number of anilines is 1. The van der Waals surface area contributed by atoms with Crippen molar-refractivity contribution in [3.05, 3.63) is 41.0 Å². The summed E-state index contributed by atoms with van der Waals surface area (Å²) in [7, 11) is 2.10. The van der Waals surface area contributed by atoms with E-state index in [1.807, 2.05) is 6.07 Å². The van der Waals surface area contributed by atoms with Gasteiger partial charge in [0.05, 0.1) is 21.5 Å². The van der Waals surface area contributed by atoms with Gasteiger partial charge in [0.2, 0.25) is 0 Å². The molecule has 1 fully saturated rings. The zero-order valence-corrected chi connectivity index (χ0v) is 14.5. The largest absolute Gasteiger partial charge is 0.507 e. The average molecular weight is 348 g/mol. The summed E-state index contributed by atoms with van der Waals surface area (Å²) in [5.41, 5.74) is 6.06. The first-order valence-electron chi connectivity index (χ1n) is 8.82.